The van der Waals surface area contributed by atoms with Crippen molar-refractivity contribution in [3.63, 3.8) is 0 Å². The molecule has 4 rings (SSSR count). The van der Waals surface area contributed by atoms with Gasteiger partial charge in [0, 0.05) is 12.0 Å². The lowest BCUT2D eigenvalue weighted by molar-refractivity contribution is 0.140. The van der Waals surface area contributed by atoms with E-state index in [0.717, 1.165) is 11.8 Å². The number of nitrogens with zero attached hydrogens (tertiary/aromatic N) is 1. The largest absolute Gasteiger partial charge is 0.365 e. The van der Waals surface area contributed by atoms with Gasteiger partial charge in [-0.25, -0.2) is 0 Å². The first-order chi connectivity index (χ1) is 6.43. The zero-order valence-electron chi connectivity index (χ0n) is 7.78. The van der Waals surface area contributed by atoms with E-state index in [0.29, 0.717) is 5.92 Å². The van der Waals surface area contributed by atoms with Crippen LogP contribution >= 0.6 is 0 Å². The van der Waals surface area contributed by atoms with E-state index in [1.807, 2.05) is 6.07 Å². The summed E-state index contributed by atoms with van der Waals surface area (Å²) in [6.45, 7) is 0. The summed E-state index contributed by atoms with van der Waals surface area (Å²) in [6, 6.07) is 2.05. The quantitative estimate of drug-likeness (QED) is 0.659. The maximum Gasteiger partial charge on any atom is 0.124 e. The van der Waals surface area contributed by atoms with Crippen molar-refractivity contribution in [2.45, 2.75) is 38.0 Å². The Balaban J connectivity index is 1.85. The van der Waals surface area contributed by atoms with Gasteiger partial charge in [-0.05, 0) is 31.1 Å². The number of rotatable bonds is 1. The van der Waals surface area contributed by atoms with E-state index in [-0.39, 0.29) is 0 Å². The summed E-state index contributed by atoms with van der Waals surface area (Å²) in [6.07, 6.45) is 8.82. The van der Waals surface area contributed by atoms with Crippen LogP contribution < -0.4 is 0 Å². The molecule has 0 aromatic carbocycles. The normalized spacial score (nSPS) is 38.0. The van der Waals surface area contributed by atoms with Crippen LogP contribution in [0, 0.1) is 11.8 Å². The van der Waals surface area contributed by atoms with Crippen LogP contribution in [0.1, 0.15) is 43.7 Å². The van der Waals surface area contributed by atoms with Crippen molar-refractivity contribution >= 4 is 0 Å². The lowest BCUT2D eigenvalue weighted by Crippen LogP contribution is -2.29. The Morgan fingerprint density at radius 1 is 1.23 bits per heavy atom. The Hall–Kier alpha value is -0.790. The van der Waals surface area contributed by atoms with E-state index in [2.05, 4.69) is 5.16 Å². The maximum atomic E-state index is 4.93. The summed E-state index contributed by atoms with van der Waals surface area (Å²) in [5.41, 5.74) is 1.20. The van der Waals surface area contributed by atoms with Crippen LogP contribution in [0.25, 0.3) is 0 Å². The standard InChI is InChI=1S/C11H15NO/c1-3-9-4-2-8(1)7-10(9)11-5-6-13-12-11/h5-6,8-10H,1-4,7H2. The van der Waals surface area contributed by atoms with E-state index >= 15 is 0 Å². The van der Waals surface area contributed by atoms with Crippen LogP contribution in [0.2, 0.25) is 0 Å². The fourth-order valence-corrected chi connectivity index (χ4v) is 3.15. The van der Waals surface area contributed by atoms with Crippen LogP contribution in [-0.2, 0) is 0 Å². The molecule has 2 heteroatoms. The predicted molar refractivity (Wildman–Crippen MR) is 49.3 cm³/mol. The van der Waals surface area contributed by atoms with Gasteiger partial charge in [-0.2, -0.15) is 0 Å². The summed E-state index contributed by atoms with van der Waals surface area (Å²) in [5.74, 6) is 2.59. The summed E-state index contributed by atoms with van der Waals surface area (Å²) in [5, 5.41) is 4.08. The highest BCUT2D eigenvalue weighted by Gasteiger charge is 2.37. The molecule has 3 saturated carbocycles. The minimum Gasteiger partial charge on any atom is -0.365 e. The molecule has 3 aliphatic carbocycles. The number of hydrogen-bond acceptors (Lipinski definition) is 2. The maximum absolute atomic E-state index is 4.93. The second-order valence-electron chi connectivity index (χ2n) is 4.55. The SMILES string of the molecule is c1cc(C2CC3CCC2CC3)no1. The van der Waals surface area contributed by atoms with Crippen LogP contribution in [-0.4, -0.2) is 5.16 Å². The van der Waals surface area contributed by atoms with Gasteiger partial charge >= 0.3 is 0 Å². The monoisotopic (exact) mass is 177 g/mol. The molecule has 3 fully saturated rings. The zero-order chi connectivity index (χ0) is 8.67. The molecule has 1 heterocycles. The molecule has 3 aliphatic rings. The Kier molecular flexibility index (Phi) is 1.67. The molecular formula is C11H15NO. The van der Waals surface area contributed by atoms with Crippen molar-refractivity contribution in [3.8, 4) is 0 Å². The first kappa shape index (κ1) is 7.60. The molecule has 0 N–H and O–H groups in total. The van der Waals surface area contributed by atoms with Crippen LogP contribution in [0.5, 0.6) is 0 Å². The summed E-state index contributed by atoms with van der Waals surface area (Å²) >= 11 is 0. The second kappa shape index (κ2) is 2.86. The van der Waals surface area contributed by atoms with Gasteiger partial charge in [0.1, 0.15) is 6.26 Å². The van der Waals surface area contributed by atoms with E-state index in [1.54, 1.807) is 6.26 Å². The number of aromatic nitrogens is 1. The van der Waals surface area contributed by atoms with Crippen molar-refractivity contribution < 1.29 is 4.52 Å². The van der Waals surface area contributed by atoms with Gasteiger partial charge in [0.05, 0.1) is 5.69 Å². The van der Waals surface area contributed by atoms with Crippen molar-refractivity contribution in [2.75, 3.05) is 0 Å². The molecule has 0 radical (unpaired) electrons. The molecule has 13 heavy (non-hydrogen) atoms. The average Bonchev–Trinajstić information content (AvgIpc) is 2.72. The lowest BCUT2D eigenvalue weighted by Gasteiger charge is -2.41. The smallest absolute Gasteiger partial charge is 0.124 e. The van der Waals surface area contributed by atoms with Gasteiger partial charge in [0.25, 0.3) is 0 Å². The molecule has 1 unspecified atom stereocenters. The van der Waals surface area contributed by atoms with Gasteiger partial charge in [0.2, 0.25) is 0 Å². The fourth-order valence-electron chi connectivity index (χ4n) is 3.15. The molecule has 0 spiro atoms. The third-order valence-electron chi connectivity index (χ3n) is 3.89. The lowest BCUT2D eigenvalue weighted by atomic mass is 9.64. The fraction of sp³-hybridized carbons (Fsp3) is 0.727. The summed E-state index contributed by atoms with van der Waals surface area (Å²) in [4.78, 5) is 0. The summed E-state index contributed by atoms with van der Waals surface area (Å²) < 4.78 is 4.93. The topological polar surface area (TPSA) is 26.0 Å². The molecule has 2 bridgehead atoms. The van der Waals surface area contributed by atoms with Crippen LogP contribution in [0.3, 0.4) is 0 Å². The molecule has 0 saturated heterocycles. The molecular weight excluding hydrogens is 162 g/mol. The first-order valence-electron chi connectivity index (χ1n) is 5.34. The van der Waals surface area contributed by atoms with Gasteiger partial charge in [-0.1, -0.05) is 18.0 Å². The zero-order valence-corrected chi connectivity index (χ0v) is 7.78. The Bertz CT molecular complexity index is 272. The van der Waals surface area contributed by atoms with Crippen molar-refractivity contribution in [1.29, 1.82) is 0 Å². The van der Waals surface area contributed by atoms with E-state index in [9.17, 15) is 0 Å². The van der Waals surface area contributed by atoms with Crippen molar-refractivity contribution in [2.24, 2.45) is 11.8 Å². The molecule has 2 nitrogen and oxygen atoms in total. The highest BCUT2D eigenvalue weighted by atomic mass is 16.5. The Morgan fingerprint density at radius 2 is 2.08 bits per heavy atom. The molecule has 70 valence electrons. The molecule has 1 aromatic heterocycles. The van der Waals surface area contributed by atoms with E-state index < -0.39 is 0 Å². The summed E-state index contributed by atoms with van der Waals surface area (Å²) in [7, 11) is 0. The van der Waals surface area contributed by atoms with E-state index in [1.165, 1.54) is 37.8 Å². The van der Waals surface area contributed by atoms with E-state index in [4.69, 9.17) is 4.52 Å². The molecule has 1 aromatic rings. The minimum atomic E-state index is 0.714. The third kappa shape index (κ3) is 1.19. The predicted octanol–water partition coefficient (Wildman–Crippen LogP) is 2.97. The average molecular weight is 177 g/mol. The van der Waals surface area contributed by atoms with Crippen molar-refractivity contribution in [1.82, 2.24) is 5.16 Å². The van der Waals surface area contributed by atoms with Gasteiger partial charge in [-0.15, -0.1) is 0 Å². The number of hydrogen-bond donors (Lipinski definition) is 0. The Morgan fingerprint density at radius 3 is 2.62 bits per heavy atom. The van der Waals surface area contributed by atoms with Gasteiger partial charge in [0.15, 0.2) is 0 Å². The molecule has 1 atom stereocenters. The molecule has 0 aliphatic heterocycles. The third-order valence-corrected chi connectivity index (χ3v) is 3.89. The van der Waals surface area contributed by atoms with Crippen molar-refractivity contribution in [3.05, 3.63) is 18.0 Å². The number of fused-ring (bicyclic) bond motifs is 3. The van der Waals surface area contributed by atoms with Crippen LogP contribution in [0.15, 0.2) is 16.9 Å². The first-order valence-corrected chi connectivity index (χ1v) is 5.34. The van der Waals surface area contributed by atoms with Crippen LogP contribution in [0.4, 0.5) is 0 Å². The van der Waals surface area contributed by atoms with Gasteiger partial charge in [-0.3, -0.25) is 0 Å². The highest BCUT2D eigenvalue weighted by Crippen LogP contribution is 2.48. The highest BCUT2D eigenvalue weighted by molar-refractivity contribution is 5.09. The second-order valence-corrected chi connectivity index (χ2v) is 4.55. The van der Waals surface area contributed by atoms with Gasteiger partial charge < -0.3 is 4.52 Å². The molecule has 0 amide bonds. The minimum absolute atomic E-state index is 0.714. The Labute approximate surface area is 78.3 Å².